The minimum Gasteiger partial charge on any atom is -0.464 e. The third-order valence-corrected chi connectivity index (χ3v) is 5.35. The van der Waals surface area contributed by atoms with Crippen molar-refractivity contribution in [1.82, 2.24) is 4.57 Å². The number of benzene rings is 1. The summed E-state index contributed by atoms with van der Waals surface area (Å²) in [5, 5.41) is 10.6. The van der Waals surface area contributed by atoms with Crippen LogP contribution < -0.4 is 5.46 Å². The second-order valence-electron chi connectivity index (χ2n) is 8.77. The van der Waals surface area contributed by atoms with Gasteiger partial charge < -0.3 is 14.4 Å². The summed E-state index contributed by atoms with van der Waals surface area (Å²) < 4.78 is 13.7. The van der Waals surface area contributed by atoms with Gasteiger partial charge in [0.1, 0.15) is 0 Å². The van der Waals surface area contributed by atoms with E-state index in [0.717, 1.165) is 16.5 Å². The fraction of sp³-hybridized carbons (Fsp3) is 0.526. The first-order valence-electron chi connectivity index (χ1n) is 8.59. The lowest BCUT2D eigenvalue weighted by atomic mass is 9.77. The van der Waals surface area contributed by atoms with Gasteiger partial charge >= 0.3 is 13.2 Å². The van der Waals surface area contributed by atoms with Gasteiger partial charge in [0.05, 0.1) is 16.7 Å². The van der Waals surface area contributed by atoms with Crippen LogP contribution in [0.2, 0.25) is 0 Å². The van der Waals surface area contributed by atoms with Crippen LogP contribution in [0.3, 0.4) is 0 Å². The molecule has 0 amide bonds. The molecule has 1 fully saturated rings. The van der Waals surface area contributed by atoms with E-state index in [9.17, 15) is 9.90 Å². The minimum absolute atomic E-state index is 0.301. The molecule has 1 saturated heterocycles. The van der Waals surface area contributed by atoms with Gasteiger partial charge in [0.2, 0.25) is 0 Å². The Morgan fingerprint density at radius 2 is 1.68 bits per heavy atom. The quantitative estimate of drug-likeness (QED) is 0.801. The summed E-state index contributed by atoms with van der Waals surface area (Å²) in [6, 6.07) is 7.58. The van der Waals surface area contributed by atoms with E-state index in [1.165, 1.54) is 4.57 Å². The van der Waals surface area contributed by atoms with E-state index in [2.05, 4.69) is 0 Å². The average Bonchev–Trinajstić information content (AvgIpc) is 2.93. The maximum absolute atomic E-state index is 11.9. The Morgan fingerprint density at radius 3 is 2.16 bits per heavy atom. The first kappa shape index (κ1) is 18.0. The standard InChI is InChI=1S/C19H26BNO4/c1-17(2,3)15-11-12-13(9-8-10-14(12)21(15)16(22)23)20-24-18(4,5)19(6,7)25-20/h8-11H,1-7H3,(H,22,23). The summed E-state index contributed by atoms with van der Waals surface area (Å²) in [4.78, 5) is 11.9. The zero-order chi connectivity index (χ0) is 18.8. The Morgan fingerprint density at radius 1 is 1.12 bits per heavy atom. The lowest BCUT2D eigenvalue weighted by molar-refractivity contribution is 0.00578. The number of aromatic nitrogens is 1. The maximum atomic E-state index is 11.9. The molecule has 0 spiro atoms. The minimum atomic E-state index is -0.981. The van der Waals surface area contributed by atoms with Crippen molar-refractivity contribution in [3.8, 4) is 0 Å². The molecule has 6 heteroatoms. The van der Waals surface area contributed by atoms with Crippen molar-refractivity contribution >= 4 is 29.6 Å². The summed E-state index contributed by atoms with van der Waals surface area (Å²) in [5.41, 5.74) is 1.08. The van der Waals surface area contributed by atoms with Gasteiger partial charge in [-0.2, -0.15) is 0 Å². The predicted molar refractivity (Wildman–Crippen MR) is 99.8 cm³/mol. The molecule has 1 aromatic carbocycles. The summed E-state index contributed by atoms with van der Waals surface area (Å²) in [7, 11) is -0.522. The molecule has 0 bridgehead atoms. The number of carboxylic acid groups (broad SMARTS) is 1. The normalized spacial score (nSPS) is 19.6. The first-order valence-corrected chi connectivity index (χ1v) is 8.59. The van der Waals surface area contributed by atoms with Gasteiger partial charge in [0.25, 0.3) is 0 Å². The van der Waals surface area contributed by atoms with Gasteiger partial charge in [-0.05, 0) is 45.3 Å². The van der Waals surface area contributed by atoms with Crippen molar-refractivity contribution < 1.29 is 19.2 Å². The molecule has 2 heterocycles. The van der Waals surface area contributed by atoms with Crippen LogP contribution in [0, 0.1) is 0 Å². The molecule has 0 unspecified atom stereocenters. The van der Waals surface area contributed by atoms with Crippen molar-refractivity contribution in [3.63, 3.8) is 0 Å². The summed E-state index contributed by atoms with van der Waals surface area (Å²) >= 11 is 0. The highest BCUT2D eigenvalue weighted by molar-refractivity contribution is 6.65. The van der Waals surface area contributed by atoms with Gasteiger partial charge in [0, 0.05) is 16.5 Å². The van der Waals surface area contributed by atoms with Gasteiger partial charge in [-0.15, -0.1) is 0 Å². The van der Waals surface area contributed by atoms with Gasteiger partial charge in [0.15, 0.2) is 0 Å². The molecular weight excluding hydrogens is 317 g/mol. The fourth-order valence-electron chi connectivity index (χ4n) is 3.19. The van der Waals surface area contributed by atoms with Gasteiger partial charge in [-0.1, -0.05) is 32.9 Å². The highest BCUT2D eigenvalue weighted by Crippen LogP contribution is 2.37. The Kier molecular flexibility index (Phi) is 3.86. The van der Waals surface area contributed by atoms with Crippen LogP contribution in [0.15, 0.2) is 24.3 Å². The third kappa shape index (κ3) is 2.77. The molecule has 0 atom stereocenters. The summed E-state index contributed by atoms with van der Waals surface area (Å²) in [6.45, 7) is 14.1. The fourth-order valence-corrected chi connectivity index (χ4v) is 3.19. The molecular formula is C19H26BNO4. The molecule has 3 rings (SSSR count). The topological polar surface area (TPSA) is 60.7 Å². The lowest BCUT2D eigenvalue weighted by Crippen LogP contribution is -2.41. The number of fused-ring (bicyclic) bond motifs is 1. The van der Waals surface area contributed by atoms with Gasteiger partial charge in [-0.3, -0.25) is 0 Å². The second-order valence-corrected chi connectivity index (χ2v) is 8.77. The molecule has 25 heavy (non-hydrogen) atoms. The van der Waals surface area contributed by atoms with Gasteiger partial charge in [-0.25, -0.2) is 9.36 Å². The largest absolute Gasteiger partial charge is 0.495 e. The number of nitrogens with zero attached hydrogens (tertiary/aromatic N) is 1. The van der Waals surface area contributed by atoms with Crippen LogP contribution in [-0.4, -0.2) is 34.1 Å². The van der Waals surface area contributed by atoms with Crippen LogP contribution in [-0.2, 0) is 14.7 Å². The highest BCUT2D eigenvalue weighted by Gasteiger charge is 2.52. The van der Waals surface area contributed by atoms with Crippen molar-refractivity contribution in [3.05, 3.63) is 30.0 Å². The summed E-state index contributed by atoms with van der Waals surface area (Å²) in [6.07, 6.45) is -0.981. The molecule has 1 aliphatic rings. The molecule has 0 aliphatic carbocycles. The van der Waals surface area contributed by atoms with Crippen LogP contribution in [0.4, 0.5) is 4.79 Å². The van der Waals surface area contributed by atoms with Crippen LogP contribution in [0.5, 0.6) is 0 Å². The van der Waals surface area contributed by atoms with Crippen molar-refractivity contribution in [2.75, 3.05) is 0 Å². The van der Waals surface area contributed by atoms with E-state index in [0.29, 0.717) is 5.52 Å². The molecule has 0 radical (unpaired) electrons. The number of carbonyl (C=O) groups is 1. The molecule has 5 nitrogen and oxygen atoms in total. The monoisotopic (exact) mass is 343 g/mol. The van der Waals surface area contributed by atoms with Crippen molar-refractivity contribution in [1.29, 1.82) is 0 Å². The number of rotatable bonds is 1. The van der Waals surface area contributed by atoms with Crippen molar-refractivity contribution in [2.45, 2.75) is 65.1 Å². The van der Waals surface area contributed by atoms with Crippen LogP contribution in [0.25, 0.3) is 10.9 Å². The third-order valence-electron chi connectivity index (χ3n) is 5.35. The zero-order valence-corrected chi connectivity index (χ0v) is 16.0. The Labute approximate surface area is 149 Å². The smallest absolute Gasteiger partial charge is 0.464 e. The maximum Gasteiger partial charge on any atom is 0.495 e. The second kappa shape index (κ2) is 5.35. The van der Waals surface area contributed by atoms with E-state index < -0.39 is 24.4 Å². The average molecular weight is 343 g/mol. The Hall–Kier alpha value is -1.79. The van der Waals surface area contributed by atoms with Crippen molar-refractivity contribution in [2.24, 2.45) is 0 Å². The van der Waals surface area contributed by atoms with E-state index in [-0.39, 0.29) is 5.41 Å². The molecule has 2 aromatic rings. The first-order chi connectivity index (χ1) is 11.3. The van der Waals surface area contributed by atoms with Crippen LogP contribution in [0.1, 0.15) is 54.2 Å². The molecule has 1 N–H and O–H groups in total. The number of hydrogen-bond donors (Lipinski definition) is 1. The number of hydrogen-bond acceptors (Lipinski definition) is 3. The highest BCUT2D eigenvalue weighted by atomic mass is 16.7. The van der Waals surface area contributed by atoms with Crippen LogP contribution >= 0.6 is 0 Å². The lowest BCUT2D eigenvalue weighted by Gasteiger charge is -2.32. The van der Waals surface area contributed by atoms with E-state index >= 15 is 0 Å². The Bertz CT molecular complexity index is 829. The SMILES string of the molecule is CC(C)(C)c1cc2c(B3OC(C)(C)C(C)(C)O3)cccc2n1C(=O)O. The molecule has 1 aliphatic heterocycles. The van der Waals surface area contributed by atoms with E-state index in [4.69, 9.17) is 9.31 Å². The molecule has 134 valence electrons. The van der Waals surface area contributed by atoms with E-state index in [1.54, 1.807) is 0 Å². The Balaban J connectivity index is 2.21. The summed E-state index contributed by atoms with van der Waals surface area (Å²) in [5.74, 6) is 0. The molecule has 0 saturated carbocycles. The predicted octanol–water partition coefficient (Wildman–Crippen LogP) is 3.76. The molecule has 1 aromatic heterocycles. The van der Waals surface area contributed by atoms with E-state index in [1.807, 2.05) is 72.7 Å². The zero-order valence-electron chi connectivity index (χ0n) is 16.0.